The number of rotatable bonds is 7. The highest BCUT2D eigenvalue weighted by molar-refractivity contribution is 7.22. The van der Waals surface area contributed by atoms with E-state index in [0.29, 0.717) is 24.6 Å². The fraction of sp³-hybridized carbons (Fsp3) is 0.484. The van der Waals surface area contributed by atoms with Gasteiger partial charge in [0.2, 0.25) is 0 Å². The summed E-state index contributed by atoms with van der Waals surface area (Å²) in [4.78, 5) is 7.56. The maximum absolute atomic E-state index is 10.4. The predicted molar refractivity (Wildman–Crippen MR) is 151 cm³/mol. The first-order valence-electron chi connectivity index (χ1n) is 13.9. The molecule has 2 unspecified atom stereocenters. The van der Waals surface area contributed by atoms with E-state index in [2.05, 4.69) is 47.3 Å². The Morgan fingerprint density at radius 3 is 2.55 bits per heavy atom. The Hall–Kier alpha value is -2.74. The van der Waals surface area contributed by atoms with Gasteiger partial charge in [0, 0.05) is 29.1 Å². The van der Waals surface area contributed by atoms with E-state index in [1.54, 1.807) is 11.3 Å². The number of nitrogens with zero attached hydrogens (tertiary/aromatic N) is 3. The summed E-state index contributed by atoms with van der Waals surface area (Å²) in [7, 11) is 0. The van der Waals surface area contributed by atoms with Crippen molar-refractivity contribution in [3.63, 3.8) is 0 Å². The van der Waals surface area contributed by atoms with Gasteiger partial charge in [0.05, 0.1) is 28.5 Å². The molecule has 0 amide bonds. The Kier molecular flexibility index (Phi) is 5.87. The second-order valence-electron chi connectivity index (χ2n) is 11.9. The van der Waals surface area contributed by atoms with Crippen molar-refractivity contribution >= 4 is 26.7 Å². The van der Waals surface area contributed by atoms with Crippen LogP contribution in [0.25, 0.3) is 21.5 Å². The largest absolute Gasteiger partial charge is 0.386 e. The molecule has 4 aromatic rings. The minimum atomic E-state index is -0.851. The molecule has 2 saturated heterocycles. The van der Waals surface area contributed by atoms with Gasteiger partial charge in [-0.25, -0.2) is 4.98 Å². The van der Waals surface area contributed by atoms with Crippen LogP contribution in [0.4, 0.5) is 5.13 Å². The normalized spacial score (nSPS) is 23.5. The molecular weight excluding hydrogens is 494 g/mol. The highest BCUT2D eigenvalue weighted by Crippen LogP contribution is 2.46. The van der Waals surface area contributed by atoms with E-state index in [-0.39, 0.29) is 6.10 Å². The monoisotopic (exact) mass is 529 g/mol. The van der Waals surface area contributed by atoms with Gasteiger partial charge in [0.15, 0.2) is 5.13 Å². The quantitative estimate of drug-likeness (QED) is 0.276. The van der Waals surface area contributed by atoms with E-state index >= 15 is 0 Å². The number of thiazole rings is 1. The van der Waals surface area contributed by atoms with E-state index in [1.165, 1.54) is 31.2 Å². The second kappa shape index (κ2) is 9.18. The summed E-state index contributed by atoms with van der Waals surface area (Å²) in [5.41, 5.74) is 5.53. The van der Waals surface area contributed by atoms with Crippen LogP contribution < -0.4 is 4.90 Å². The number of fused-ring (bicyclic) bond motifs is 3. The maximum atomic E-state index is 10.4. The number of aromatic nitrogens is 2. The lowest BCUT2D eigenvalue weighted by Crippen LogP contribution is -2.45. The number of aliphatic hydroxyl groups is 1. The van der Waals surface area contributed by atoms with Crippen LogP contribution in [0.3, 0.4) is 0 Å². The summed E-state index contributed by atoms with van der Waals surface area (Å²) in [5.74, 6) is 1.52. The Morgan fingerprint density at radius 2 is 1.84 bits per heavy atom. The van der Waals surface area contributed by atoms with E-state index in [1.807, 2.05) is 26.0 Å². The topological polar surface area (TPSA) is 71.6 Å². The van der Waals surface area contributed by atoms with Crippen molar-refractivity contribution in [1.29, 1.82) is 0 Å². The fourth-order valence-electron chi connectivity index (χ4n) is 6.36. The summed E-state index contributed by atoms with van der Waals surface area (Å²) >= 11 is 1.75. The van der Waals surface area contributed by atoms with E-state index in [9.17, 15) is 5.11 Å². The summed E-state index contributed by atoms with van der Waals surface area (Å²) in [6.45, 7) is 6.35. The van der Waals surface area contributed by atoms with Crippen LogP contribution in [0.1, 0.15) is 80.7 Å². The van der Waals surface area contributed by atoms with Gasteiger partial charge in [-0.2, -0.15) is 0 Å². The molecule has 2 bridgehead atoms. The fourth-order valence-corrected chi connectivity index (χ4v) is 7.51. The van der Waals surface area contributed by atoms with Crippen LogP contribution in [0.5, 0.6) is 0 Å². The van der Waals surface area contributed by atoms with E-state index in [0.717, 1.165) is 56.3 Å². The SMILES string of the molecule is Cc1ccccc1-c1noc(C2CC2)c1COC1CC2CC[C@@H](C1)N2c1nc2ccc(C(C)(C)O)cc2s1. The van der Waals surface area contributed by atoms with Crippen molar-refractivity contribution in [3.8, 4) is 11.3 Å². The maximum Gasteiger partial charge on any atom is 0.186 e. The van der Waals surface area contributed by atoms with Crippen molar-refractivity contribution < 1.29 is 14.4 Å². The van der Waals surface area contributed by atoms with E-state index in [4.69, 9.17) is 14.2 Å². The van der Waals surface area contributed by atoms with Gasteiger partial charge in [0.1, 0.15) is 11.5 Å². The molecule has 2 aromatic carbocycles. The molecule has 2 aromatic heterocycles. The van der Waals surface area contributed by atoms with Crippen LogP contribution in [0, 0.1) is 6.92 Å². The van der Waals surface area contributed by atoms with Crippen LogP contribution in [-0.4, -0.2) is 33.4 Å². The number of aryl methyl sites for hydroxylation is 1. The molecule has 1 N–H and O–H groups in total. The molecule has 198 valence electrons. The van der Waals surface area contributed by atoms with Gasteiger partial charge in [-0.1, -0.05) is 46.8 Å². The number of benzene rings is 2. The van der Waals surface area contributed by atoms with Crippen molar-refractivity contribution in [2.24, 2.45) is 0 Å². The van der Waals surface area contributed by atoms with Gasteiger partial charge in [-0.15, -0.1) is 0 Å². The minimum Gasteiger partial charge on any atom is -0.386 e. The Bertz CT molecular complexity index is 1470. The summed E-state index contributed by atoms with van der Waals surface area (Å²) in [6, 6.07) is 15.4. The van der Waals surface area contributed by atoms with Crippen molar-refractivity contribution in [2.45, 2.75) is 95.6 Å². The molecule has 0 spiro atoms. The van der Waals surface area contributed by atoms with Gasteiger partial charge in [0.25, 0.3) is 0 Å². The zero-order chi connectivity index (χ0) is 26.0. The second-order valence-corrected chi connectivity index (χ2v) is 12.9. The summed E-state index contributed by atoms with van der Waals surface area (Å²) < 4.78 is 13.7. The zero-order valence-corrected chi connectivity index (χ0v) is 23.1. The molecule has 7 heteroatoms. The van der Waals surface area contributed by atoms with Gasteiger partial charge in [-0.3, -0.25) is 0 Å². The minimum absolute atomic E-state index is 0.228. The Balaban J connectivity index is 1.09. The van der Waals surface area contributed by atoms with Crippen LogP contribution >= 0.6 is 11.3 Å². The van der Waals surface area contributed by atoms with Gasteiger partial charge in [-0.05, 0) is 82.6 Å². The van der Waals surface area contributed by atoms with Crippen LogP contribution in [0.15, 0.2) is 47.0 Å². The zero-order valence-electron chi connectivity index (χ0n) is 22.3. The Labute approximate surface area is 227 Å². The molecule has 38 heavy (non-hydrogen) atoms. The highest BCUT2D eigenvalue weighted by atomic mass is 32.1. The molecular formula is C31H35N3O3S. The third-order valence-electron chi connectivity index (χ3n) is 8.62. The van der Waals surface area contributed by atoms with Crippen molar-refractivity contribution in [2.75, 3.05) is 4.90 Å². The molecule has 3 fully saturated rings. The molecule has 1 aliphatic carbocycles. The average molecular weight is 530 g/mol. The highest BCUT2D eigenvalue weighted by Gasteiger charge is 2.43. The molecule has 1 saturated carbocycles. The lowest BCUT2D eigenvalue weighted by atomic mass is 9.98. The molecule has 2 aliphatic heterocycles. The number of piperidine rings is 1. The number of hydrogen-bond donors (Lipinski definition) is 1. The first-order valence-corrected chi connectivity index (χ1v) is 14.7. The predicted octanol–water partition coefficient (Wildman–Crippen LogP) is 7.08. The average Bonchev–Trinajstić information content (AvgIpc) is 3.41. The van der Waals surface area contributed by atoms with Crippen LogP contribution in [-0.2, 0) is 16.9 Å². The Morgan fingerprint density at radius 1 is 1.08 bits per heavy atom. The van der Waals surface area contributed by atoms with Gasteiger partial charge < -0.3 is 19.3 Å². The molecule has 7 rings (SSSR count). The molecule has 6 nitrogen and oxygen atoms in total. The first kappa shape index (κ1) is 24.3. The van der Waals surface area contributed by atoms with Crippen molar-refractivity contribution in [1.82, 2.24) is 10.1 Å². The first-order chi connectivity index (χ1) is 18.3. The molecule has 3 aliphatic rings. The standard InChI is InChI=1S/C31H35N3O3S/c1-18-6-4-5-7-24(18)28-25(29(37-33-28)19-8-9-19)17-36-23-15-21-11-12-22(16-23)34(21)30-32-26-13-10-20(31(2,3)35)14-27(26)38-30/h4-7,10,13-14,19,21-23,35H,8-9,11-12,15-17H2,1-3H3/t21-,22?,23?/m0/s1. The van der Waals surface area contributed by atoms with E-state index < -0.39 is 5.60 Å². The lowest BCUT2D eigenvalue weighted by molar-refractivity contribution is 0.0147. The third-order valence-corrected chi connectivity index (χ3v) is 9.66. The number of ether oxygens (including phenoxy) is 1. The lowest BCUT2D eigenvalue weighted by Gasteiger charge is -2.38. The smallest absolute Gasteiger partial charge is 0.186 e. The van der Waals surface area contributed by atoms with Crippen LogP contribution in [0.2, 0.25) is 0 Å². The van der Waals surface area contributed by atoms with Gasteiger partial charge >= 0.3 is 0 Å². The number of hydrogen-bond acceptors (Lipinski definition) is 7. The van der Waals surface area contributed by atoms with Crippen molar-refractivity contribution in [3.05, 3.63) is 64.9 Å². The summed E-state index contributed by atoms with van der Waals surface area (Å²) in [5, 5.41) is 16.1. The molecule has 0 radical (unpaired) electrons. The molecule has 4 heterocycles. The summed E-state index contributed by atoms with van der Waals surface area (Å²) in [6.07, 6.45) is 6.99. The third kappa shape index (κ3) is 4.34. The number of anilines is 1. The molecule has 3 atom stereocenters.